The fourth-order valence-corrected chi connectivity index (χ4v) is 4.68. The highest BCUT2D eigenvalue weighted by atomic mass is 79.9. The van der Waals surface area contributed by atoms with Crippen LogP contribution >= 0.6 is 15.9 Å². The molecule has 7 heteroatoms. The maximum Gasteiger partial charge on any atom is 0.355 e. The summed E-state index contributed by atoms with van der Waals surface area (Å²) < 4.78 is 11.8. The Labute approximate surface area is 220 Å². The minimum Gasteiger partial charge on any atom is -0.463 e. The molecule has 0 aliphatic carbocycles. The fraction of sp³-hybridized carbons (Fsp3) is 0.241. The summed E-state index contributed by atoms with van der Waals surface area (Å²) >= 11 is 3.50. The van der Waals surface area contributed by atoms with E-state index in [1.165, 1.54) is 0 Å². The summed E-state index contributed by atoms with van der Waals surface area (Å²) in [5.41, 5.74) is 3.32. The molecule has 0 radical (unpaired) electrons. The molecule has 3 aromatic rings. The molecule has 0 N–H and O–H groups in total. The van der Waals surface area contributed by atoms with E-state index >= 15 is 0 Å². The van der Waals surface area contributed by atoms with Crippen molar-refractivity contribution in [3.8, 4) is 0 Å². The first-order valence-corrected chi connectivity index (χ1v) is 12.8. The van der Waals surface area contributed by atoms with E-state index < -0.39 is 11.9 Å². The number of esters is 2. The second-order valence-corrected chi connectivity index (χ2v) is 9.21. The average molecular weight is 549 g/mol. The van der Waals surface area contributed by atoms with Gasteiger partial charge in [-0.1, -0.05) is 76.6 Å². The van der Waals surface area contributed by atoms with Gasteiger partial charge in [-0.05, 0) is 49.2 Å². The zero-order valence-corrected chi connectivity index (χ0v) is 22.0. The molecule has 36 heavy (non-hydrogen) atoms. The lowest BCUT2D eigenvalue weighted by Crippen LogP contribution is -2.50. The zero-order valence-electron chi connectivity index (χ0n) is 20.4. The summed E-state index contributed by atoms with van der Waals surface area (Å²) in [4.78, 5) is 30.8. The first-order chi connectivity index (χ1) is 17.5. The molecule has 0 saturated heterocycles. The summed E-state index contributed by atoms with van der Waals surface area (Å²) in [6.45, 7) is 4.70. The normalized spacial score (nSPS) is 16.1. The maximum atomic E-state index is 13.5. The Bertz CT molecular complexity index is 1210. The number of benzene rings is 3. The molecule has 1 unspecified atom stereocenters. The number of nitrogens with zero attached hydrogens (tertiary/aromatic N) is 2. The first kappa shape index (κ1) is 25.7. The minimum absolute atomic E-state index is 0.191. The molecule has 0 bridgehead atoms. The van der Waals surface area contributed by atoms with Gasteiger partial charge in [-0.25, -0.2) is 9.59 Å². The number of ether oxygens (including phenoxy) is 2. The van der Waals surface area contributed by atoms with E-state index in [-0.39, 0.29) is 37.2 Å². The SMILES string of the molecule is CCOC(=O)C1=C(C(=O)OCC)N(c2ccc(Br)cc2)C(c2ccccc2)N(Cc2ccccc2)C1. The van der Waals surface area contributed by atoms with Crippen LogP contribution in [0.4, 0.5) is 5.69 Å². The van der Waals surface area contributed by atoms with E-state index in [1.807, 2.05) is 77.7 Å². The van der Waals surface area contributed by atoms with Gasteiger partial charge < -0.3 is 14.4 Å². The van der Waals surface area contributed by atoms with Crippen molar-refractivity contribution in [2.75, 3.05) is 24.7 Å². The van der Waals surface area contributed by atoms with Gasteiger partial charge in [0, 0.05) is 23.2 Å². The molecule has 1 heterocycles. The highest BCUT2D eigenvalue weighted by Gasteiger charge is 2.42. The molecule has 3 aromatic carbocycles. The third-order valence-electron chi connectivity index (χ3n) is 5.90. The molecule has 0 aromatic heterocycles. The standard InChI is InChI=1S/C29H29BrN2O4/c1-3-35-28(33)25-20-31(19-21-11-7-5-8-12-21)27(22-13-9-6-10-14-22)32(26(25)29(34)36-4-2)24-17-15-23(30)16-18-24/h5-18,27H,3-4,19-20H2,1-2H3. The lowest BCUT2D eigenvalue weighted by Gasteiger charge is -2.46. The molecule has 1 atom stereocenters. The van der Waals surface area contributed by atoms with Gasteiger partial charge in [0.1, 0.15) is 11.9 Å². The molecule has 1 aliphatic heterocycles. The molecule has 0 saturated carbocycles. The molecule has 0 spiro atoms. The van der Waals surface area contributed by atoms with Crippen molar-refractivity contribution in [1.82, 2.24) is 4.90 Å². The number of anilines is 1. The van der Waals surface area contributed by atoms with E-state index in [2.05, 4.69) is 33.0 Å². The highest BCUT2D eigenvalue weighted by molar-refractivity contribution is 9.10. The topological polar surface area (TPSA) is 59.1 Å². The number of hydrogen-bond acceptors (Lipinski definition) is 6. The van der Waals surface area contributed by atoms with Crippen molar-refractivity contribution in [2.24, 2.45) is 0 Å². The quantitative estimate of drug-likeness (QED) is 0.329. The molecular weight excluding hydrogens is 520 g/mol. The Morgan fingerprint density at radius 2 is 1.42 bits per heavy atom. The van der Waals surface area contributed by atoms with Crippen LogP contribution in [0, 0.1) is 0 Å². The molecule has 4 rings (SSSR count). The monoisotopic (exact) mass is 548 g/mol. The largest absolute Gasteiger partial charge is 0.463 e. The van der Waals surface area contributed by atoms with Gasteiger partial charge in [-0.2, -0.15) is 0 Å². The van der Waals surface area contributed by atoms with E-state index in [4.69, 9.17) is 9.47 Å². The molecule has 186 valence electrons. The van der Waals surface area contributed by atoms with Gasteiger partial charge in [0.15, 0.2) is 0 Å². The second-order valence-electron chi connectivity index (χ2n) is 8.29. The van der Waals surface area contributed by atoms with Crippen LogP contribution in [0.5, 0.6) is 0 Å². The van der Waals surface area contributed by atoms with Gasteiger partial charge in [0.05, 0.1) is 18.8 Å². The Hall–Kier alpha value is -3.42. The summed E-state index contributed by atoms with van der Waals surface area (Å²) in [6, 6.07) is 27.7. The highest BCUT2D eigenvalue weighted by Crippen LogP contribution is 2.40. The van der Waals surface area contributed by atoms with Gasteiger partial charge >= 0.3 is 11.9 Å². The number of hydrogen-bond donors (Lipinski definition) is 0. The zero-order chi connectivity index (χ0) is 25.5. The van der Waals surface area contributed by atoms with Crippen LogP contribution in [0.3, 0.4) is 0 Å². The van der Waals surface area contributed by atoms with Crippen LogP contribution in [-0.4, -0.2) is 36.6 Å². The number of carbonyl (C=O) groups excluding carboxylic acids is 2. The molecule has 0 fully saturated rings. The van der Waals surface area contributed by atoms with Crippen LogP contribution in [0.1, 0.15) is 31.1 Å². The Kier molecular flexibility index (Phi) is 8.57. The summed E-state index contributed by atoms with van der Waals surface area (Å²) in [5, 5.41) is 0. The lowest BCUT2D eigenvalue weighted by atomic mass is 9.99. The Morgan fingerprint density at radius 1 is 0.833 bits per heavy atom. The van der Waals surface area contributed by atoms with Crippen LogP contribution in [0.25, 0.3) is 0 Å². The van der Waals surface area contributed by atoms with Crippen molar-refractivity contribution < 1.29 is 19.1 Å². The van der Waals surface area contributed by atoms with Crippen molar-refractivity contribution in [2.45, 2.75) is 26.6 Å². The Balaban J connectivity index is 1.96. The number of rotatable bonds is 8. The van der Waals surface area contributed by atoms with Crippen LogP contribution < -0.4 is 4.90 Å². The molecule has 1 aliphatic rings. The van der Waals surface area contributed by atoms with Crippen LogP contribution in [0.2, 0.25) is 0 Å². The minimum atomic E-state index is -0.552. The lowest BCUT2D eigenvalue weighted by molar-refractivity contribution is -0.142. The van der Waals surface area contributed by atoms with Gasteiger partial charge in [0.25, 0.3) is 0 Å². The predicted octanol–water partition coefficient (Wildman–Crippen LogP) is 5.85. The van der Waals surface area contributed by atoms with Gasteiger partial charge in [-0.3, -0.25) is 4.90 Å². The summed E-state index contributed by atoms with van der Waals surface area (Å²) in [6.07, 6.45) is -0.370. The maximum absolute atomic E-state index is 13.5. The fourth-order valence-electron chi connectivity index (χ4n) is 4.41. The predicted molar refractivity (Wildman–Crippen MR) is 143 cm³/mol. The van der Waals surface area contributed by atoms with Crippen LogP contribution in [0.15, 0.2) is 101 Å². The summed E-state index contributed by atoms with van der Waals surface area (Å²) in [5.74, 6) is -1.07. The number of carbonyl (C=O) groups is 2. The van der Waals surface area contributed by atoms with Crippen molar-refractivity contribution >= 4 is 33.6 Å². The third kappa shape index (κ3) is 5.69. The van der Waals surface area contributed by atoms with Gasteiger partial charge in [-0.15, -0.1) is 0 Å². The smallest absolute Gasteiger partial charge is 0.355 e. The van der Waals surface area contributed by atoms with Crippen molar-refractivity contribution in [1.29, 1.82) is 0 Å². The van der Waals surface area contributed by atoms with E-state index in [1.54, 1.807) is 13.8 Å². The first-order valence-electron chi connectivity index (χ1n) is 12.0. The van der Waals surface area contributed by atoms with Crippen LogP contribution in [-0.2, 0) is 25.6 Å². The second kappa shape index (κ2) is 12.0. The average Bonchev–Trinajstić information content (AvgIpc) is 2.90. The molecule has 0 amide bonds. The van der Waals surface area contributed by atoms with Gasteiger partial charge in [0.2, 0.25) is 0 Å². The Morgan fingerprint density at radius 3 is 2.03 bits per heavy atom. The van der Waals surface area contributed by atoms with E-state index in [9.17, 15) is 9.59 Å². The van der Waals surface area contributed by atoms with E-state index in [0.717, 1.165) is 21.3 Å². The van der Waals surface area contributed by atoms with E-state index in [0.29, 0.717) is 6.54 Å². The summed E-state index contributed by atoms with van der Waals surface area (Å²) in [7, 11) is 0. The van der Waals surface area contributed by atoms with Crippen molar-refractivity contribution in [3.05, 3.63) is 112 Å². The molecule has 6 nitrogen and oxygen atoms in total. The number of halogens is 1. The molecular formula is C29H29BrN2O4. The van der Waals surface area contributed by atoms with Crippen molar-refractivity contribution in [3.63, 3.8) is 0 Å². The third-order valence-corrected chi connectivity index (χ3v) is 6.43.